The van der Waals surface area contributed by atoms with Gasteiger partial charge in [0.1, 0.15) is 6.61 Å². The highest BCUT2D eigenvalue weighted by molar-refractivity contribution is 5.76. The SMILES string of the molecule is COc1cccc(OC)c1OC(=O)CCCC(=O)OCC=C(C)C. The molecule has 0 aliphatic heterocycles. The van der Waals surface area contributed by atoms with E-state index in [0.717, 1.165) is 5.57 Å². The average molecular weight is 336 g/mol. The smallest absolute Gasteiger partial charge is 0.311 e. The molecule has 0 unspecified atom stereocenters. The van der Waals surface area contributed by atoms with Crippen LogP contribution >= 0.6 is 0 Å². The minimum absolute atomic E-state index is 0.0962. The zero-order valence-electron chi connectivity index (χ0n) is 14.6. The molecule has 0 saturated carbocycles. The van der Waals surface area contributed by atoms with Crippen LogP contribution in [0.15, 0.2) is 29.8 Å². The molecule has 0 saturated heterocycles. The molecule has 0 aromatic heterocycles. The summed E-state index contributed by atoms with van der Waals surface area (Å²) in [4.78, 5) is 23.5. The summed E-state index contributed by atoms with van der Waals surface area (Å²) in [5.41, 5.74) is 1.08. The quantitative estimate of drug-likeness (QED) is 0.391. The molecule has 0 fully saturated rings. The summed E-state index contributed by atoms with van der Waals surface area (Å²) in [6.07, 6.45) is 2.43. The van der Waals surface area contributed by atoms with Gasteiger partial charge in [-0.15, -0.1) is 0 Å². The Bertz CT molecular complexity index is 565. The molecule has 132 valence electrons. The van der Waals surface area contributed by atoms with Crippen molar-refractivity contribution >= 4 is 11.9 Å². The summed E-state index contributed by atoms with van der Waals surface area (Å²) in [5, 5.41) is 0. The van der Waals surface area contributed by atoms with Crippen LogP contribution in [-0.4, -0.2) is 32.8 Å². The highest BCUT2D eigenvalue weighted by Gasteiger charge is 2.16. The van der Waals surface area contributed by atoms with Crippen molar-refractivity contribution in [1.82, 2.24) is 0 Å². The maximum absolute atomic E-state index is 11.9. The van der Waals surface area contributed by atoms with Crippen molar-refractivity contribution in [3.8, 4) is 17.2 Å². The zero-order chi connectivity index (χ0) is 17.9. The third-order valence-corrected chi connectivity index (χ3v) is 3.10. The van der Waals surface area contributed by atoms with Crippen molar-refractivity contribution in [2.24, 2.45) is 0 Å². The number of ether oxygens (including phenoxy) is 4. The molecule has 0 aliphatic carbocycles. The van der Waals surface area contributed by atoms with E-state index in [1.807, 2.05) is 19.9 Å². The number of allylic oxidation sites excluding steroid dienone is 1. The highest BCUT2D eigenvalue weighted by atomic mass is 16.6. The molecular formula is C18H24O6. The lowest BCUT2D eigenvalue weighted by atomic mass is 10.2. The van der Waals surface area contributed by atoms with Crippen molar-refractivity contribution in [3.05, 3.63) is 29.8 Å². The number of esters is 2. The van der Waals surface area contributed by atoms with Gasteiger partial charge in [-0.1, -0.05) is 11.6 Å². The van der Waals surface area contributed by atoms with Gasteiger partial charge in [0, 0.05) is 12.8 Å². The zero-order valence-corrected chi connectivity index (χ0v) is 14.6. The predicted molar refractivity (Wildman–Crippen MR) is 89.4 cm³/mol. The second-order valence-electron chi connectivity index (χ2n) is 5.28. The third kappa shape index (κ3) is 6.73. The molecule has 0 amide bonds. The Balaban J connectivity index is 2.45. The van der Waals surface area contributed by atoms with E-state index < -0.39 is 5.97 Å². The van der Waals surface area contributed by atoms with Crippen LogP contribution in [-0.2, 0) is 14.3 Å². The van der Waals surface area contributed by atoms with Crippen molar-refractivity contribution in [2.75, 3.05) is 20.8 Å². The fourth-order valence-corrected chi connectivity index (χ4v) is 1.83. The summed E-state index contributed by atoms with van der Waals surface area (Å²) in [5.74, 6) is 0.247. The molecule has 1 aromatic carbocycles. The van der Waals surface area contributed by atoms with E-state index in [0.29, 0.717) is 17.9 Å². The van der Waals surface area contributed by atoms with Gasteiger partial charge in [-0.05, 0) is 38.5 Å². The third-order valence-electron chi connectivity index (χ3n) is 3.10. The highest BCUT2D eigenvalue weighted by Crippen LogP contribution is 2.37. The molecule has 0 atom stereocenters. The van der Waals surface area contributed by atoms with Crippen molar-refractivity contribution < 1.29 is 28.5 Å². The van der Waals surface area contributed by atoms with E-state index in [9.17, 15) is 9.59 Å². The maximum Gasteiger partial charge on any atom is 0.311 e. The minimum atomic E-state index is -0.463. The number of carbonyl (C=O) groups excluding carboxylic acids is 2. The van der Waals surface area contributed by atoms with E-state index in [4.69, 9.17) is 18.9 Å². The maximum atomic E-state index is 11.9. The molecule has 1 aromatic rings. The first kappa shape index (κ1) is 19.5. The number of methoxy groups -OCH3 is 2. The Morgan fingerprint density at radius 2 is 1.58 bits per heavy atom. The van der Waals surface area contributed by atoms with Crippen LogP contribution in [0, 0.1) is 0 Å². The molecule has 24 heavy (non-hydrogen) atoms. The van der Waals surface area contributed by atoms with Crippen molar-refractivity contribution in [3.63, 3.8) is 0 Å². The fourth-order valence-electron chi connectivity index (χ4n) is 1.83. The summed E-state index contributed by atoms with van der Waals surface area (Å²) in [6.45, 7) is 4.11. The van der Waals surface area contributed by atoms with Crippen LogP contribution in [0.1, 0.15) is 33.1 Å². The first-order chi connectivity index (χ1) is 11.5. The van der Waals surface area contributed by atoms with E-state index >= 15 is 0 Å². The Morgan fingerprint density at radius 1 is 1.00 bits per heavy atom. The predicted octanol–water partition coefficient (Wildman–Crippen LogP) is 3.29. The summed E-state index contributed by atoms with van der Waals surface area (Å²) in [7, 11) is 2.96. The van der Waals surface area contributed by atoms with Gasteiger partial charge in [0.2, 0.25) is 5.75 Å². The van der Waals surface area contributed by atoms with Gasteiger partial charge in [-0.25, -0.2) is 0 Å². The van der Waals surface area contributed by atoms with Crippen LogP contribution in [0.25, 0.3) is 0 Å². The van der Waals surface area contributed by atoms with Crippen molar-refractivity contribution in [1.29, 1.82) is 0 Å². The number of carbonyl (C=O) groups is 2. The summed E-state index contributed by atoms with van der Waals surface area (Å²) < 4.78 is 20.6. The summed E-state index contributed by atoms with van der Waals surface area (Å²) in [6, 6.07) is 5.08. The molecule has 0 bridgehead atoms. The van der Waals surface area contributed by atoms with Gasteiger partial charge in [-0.2, -0.15) is 0 Å². The van der Waals surface area contributed by atoms with E-state index in [1.165, 1.54) is 14.2 Å². The number of rotatable bonds is 9. The molecule has 6 heteroatoms. The topological polar surface area (TPSA) is 71.1 Å². The van der Waals surface area contributed by atoms with E-state index in [2.05, 4.69) is 0 Å². The fraction of sp³-hybridized carbons (Fsp3) is 0.444. The Morgan fingerprint density at radius 3 is 2.12 bits per heavy atom. The van der Waals surface area contributed by atoms with Gasteiger partial charge in [0.05, 0.1) is 14.2 Å². The molecule has 1 rings (SSSR count). The monoisotopic (exact) mass is 336 g/mol. The molecule has 0 radical (unpaired) electrons. The Hall–Kier alpha value is -2.50. The first-order valence-corrected chi connectivity index (χ1v) is 7.68. The molecule has 0 N–H and O–H groups in total. The standard InChI is InChI=1S/C18H24O6/c1-13(2)11-12-23-16(19)9-6-10-17(20)24-18-14(21-3)7-5-8-15(18)22-4/h5,7-8,11H,6,9-10,12H2,1-4H3. The summed E-state index contributed by atoms with van der Waals surface area (Å²) >= 11 is 0. The van der Waals surface area contributed by atoms with Gasteiger partial charge in [-0.3, -0.25) is 9.59 Å². The molecule has 6 nitrogen and oxygen atoms in total. The normalized spacial score (nSPS) is 9.83. The van der Waals surface area contributed by atoms with Gasteiger partial charge in [0.15, 0.2) is 11.5 Å². The Labute approximate surface area is 142 Å². The largest absolute Gasteiger partial charge is 0.493 e. The van der Waals surface area contributed by atoms with Gasteiger partial charge < -0.3 is 18.9 Å². The van der Waals surface area contributed by atoms with Crippen LogP contribution in [0.2, 0.25) is 0 Å². The van der Waals surface area contributed by atoms with Crippen molar-refractivity contribution in [2.45, 2.75) is 33.1 Å². The minimum Gasteiger partial charge on any atom is -0.493 e. The molecule has 0 spiro atoms. The number of hydrogen-bond acceptors (Lipinski definition) is 6. The lowest BCUT2D eigenvalue weighted by Gasteiger charge is -2.12. The van der Waals surface area contributed by atoms with Crippen LogP contribution in [0.4, 0.5) is 0 Å². The lowest BCUT2D eigenvalue weighted by molar-refractivity contribution is -0.142. The Kier molecular flexibility index (Phi) is 8.39. The van der Waals surface area contributed by atoms with Crippen LogP contribution < -0.4 is 14.2 Å². The first-order valence-electron chi connectivity index (χ1n) is 7.68. The van der Waals surface area contributed by atoms with Crippen LogP contribution in [0.5, 0.6) is 17.2 Å². The van der Waals surface area contributed by atoms with Crippen LogP contribution in [0.3, 0.4) is 0 Å². The molecule has 0 aliphatic rings. The van der Waals surface area contributed by atoms with Gasteiger partial charge >= 0.3 is 11.9 Å². The molecule has 0 heterocycles. The lowest BCUT2D eigenvalue weighted by Crippen LogP contribution is -2.11. The van der Waals surface area contributed by atoms with E-state index in [1.54, 1.807) is 18.2 Å². The van der Waals surface area contributed by atoms with E-state index in [-0.39, 0.29) is 31.2 Å². The van der Waals surface area contributed by atoms with Gasteiger partial charge in [0.25, 0.3) is 0 Å². The second kappa shape index (κ2) is 10.3. The second-order valence-corrected chi connectivity index (χ2v) is 5.28. The number of benzene rings is 1. The average Bonchev–Trinajstić information content (AvgIpc) is 2.54. The number of hydrogen-bond donors (Lipinski definition) is 0. The number of para-hydroxylation sites is 1. The molecular weight excluding hydrogens is 312 g/mol.